The van der Waals surface area contributed by atoms with Gasteiger partial charge in [-0.2, -0.15) is 0 Å². The van der Waals surface area contributed by atoms with Gasteiger partial charge in [-0.05, 0) is 48.0 Å². The van der Waals surface area contributed by atoms with E-state index in [-0.39, 0.29) is 18.3 Å². The molecule has 0 atom stereocenters. The zero-order chi connectivity index (χ0) is 22.8. The van der Waals surface area contributed by atoms with Crippen LogP contribution in [0, 0.1) is 5.82 Å². The van der Waals surface area contributed by atoms with E-state index in [1.807, 2.05) is 0 Å². The highest BCUT2D eigenvalue weighted by Crippen LogP contribution is 2.25. The summed E-state index contributed by atoms with van der Waals surface area (Å²) < 4.78 is 22.9. The van der Waals surface area contributed by atoms with Crippen molar-refractivity contribution in [2.75, 3.05) is 31.0 Å². The minimum Gasteiger partial charge on any atom is -0.447 e. The van der Waals surface area contributed by atoms with E-state index in [1.165, 1.54) is 31.0 Å². The lowest BCUT2D eigenvalue weighted by atomic mass is 10.2. The van der Waals surface area contributed by atoms with E-state index in [9.17, 15) is 14.0 Å². The summed E-state index contributed by atoms with van der Waals surface area (Å²) in [4.78, 5) is 29.0. The number of amides is 2. The predicted molar refractivity (Wildman–Crippen MR) is 121 cm³/mol. The van der Waals surface area contributed by atoms with Crippen LogP contribution in [-0.4, -0.2) is 37.3 Å². The number of carbonyl (C=O) groups is 2. The summed E-state index contributed by atoms with van der Waals surface area (Å²) in [5.74, 6) is -0.0848. The molecule has 0 radical (unpaired) electrons. The molecule has 0 bridgehead atoms. The molecular weight excluding hydrogens is 433 g/mol. The Morgan fingerprint density at radius 3 is 2.50 bits per heavy atom. The van der Waals surface area contributed by atoms with Crippen LogP contribution in [0.1, 0.15) is 15.9 Å². The second kappa shape index (κ2) is 11.8. The number of carbonyl (C=O) groups excluding carboxylic acids is 2. The molecule has 0 fully saturated rings. The van der Waals surface area contributed by atoms with Crippen molar-refractivity contribution in [2.45, 2.75) is 10.8 Å². The summed E-state index contributed by atoms with van der Waals surface area (Å²) in [5, 5.41) is 5.97. The number of aromatic nitrogens is 1. The SMILES string of the molecule is COCCOC(=O)Nc1cccc(NC(=O)c2cccnc2SCc2ccc(F)cc2)c1. The van der Waals surface area contributed by atoms with Gasteiger partial charge in [0, 0.05) is 30.4 Å². The lowest BCUT2D eigenvalue weighted by Crippen LogP contribution is -2.17. The average molecular weight is 456 g/mol. The number of halogens is 1. The van der Waals surface area contributed by atoms with E-state index in [0.29, 0.717) is 34.3 Å². The first-order chi connectivity index (χ1) is 15.5. The van der Waals surface area contributed by atoms with Crippen LogP contribution in [0.3, 0.4) is 0 Å². The summed E-state index contributed by atoms with van der Waals surface area (Å²) >= 11 is 1.39. The maximum absolute atomic E-state index is 13.1. The van der Waals surface area contributed by atoms with Crippen molar-refractivity contribution in [3.05, 3.63) is 83.8 Å². The van der Waals surface area contributed by atoms with Gasteiger partial charge in [0.15, 0.2) is 0 Å². The number of rotatable bonds is 9. The quantitative estimate of drug-likeness (QED) is 0.350. The number of thioether (sulfide) groups is 1. The van der Waals surface area contributed by atoms with Gasteiger partial charge in [0.1, 0.15) is 17.5 Å². The number of nitrogens with zero attached hydrogens (tertiary/aromatic N) is 1. The minimum atomic E-state index is -0.614. The lowest BCUT2D eigenvalue weighted by molar-refractivity contribution is 0.102. The second-order valence-corrected chi connectivity index (χ2v) is 7.52. The molecule has 166 valence electrons. The van der Waals surface area contributed by atoms with Gasteiger partial charge in [-0.15, -0.1) is 11.8 Å². The molecule has 3 rings (SSSR count). The molecule has 0 aliphatic heterocycles. The molecule has 32 heavy (non-hydrogen) atoms. The largest absolute Gasteiger partial charge is 0.447 e. The first-order valence-corrected chi connectivity index (χ1v) is 10.7. The first kappa shape index (κ1) is 23.2. The van der Waals surface area contributed by atoms with Crippen molar-refractivity contribution >= 4 is 35.1 Å². The Bertz CT molecular complexity index is 1060. The van der Waals surface area contributed by atoms with Crippen LogP contribution < -0.4 is 10.6 Å². The summed E-state index contributed by atoms with van der Waals surface area (Å²) in [6.45, 7) is 0.439. The molecule has 0 spiro atoms. The number of pyridine rings is 1. The topological polar surface area (TPSA) is 89.5 Å². The number of anilines is 2. The lowest BCUT2D eigenvalue weighted by Gasteiger charge is -2.11. The molecular formula is C23H22FN3O4S. The fraction of sp³-hybridized carbons (Fsp3) is 0.174. The van der Waals surface area contributed by atoms with Crippen LogP contribution in [0.25, 0.3) is 0 Å². The third-order valence-corrected chi connectivity index (χ3v) is 5.27. The monoisotopic (exact) mass is 455 g/mol. The second-order valence-electron chi connectivity index (χ2n) is 6.56. The fourth-order valence-electron chi connectivity index (χ4n) is 2.66. The normalized spacial score (nSPS) is 10.4. The maximum atomic E-state index is 13.1. The van der Waals surface area contributed by atoms with Crippen molar-refractivity contribution in [1.29, 1.82) is 0 Å². The Kier molecular flexibility index (Phi) is 8.59. The highest BCUT2D eigenvalue weighted by Gasteiger charge is 2.14. The van der Waals surface area contributed by atoms with E-state index >= 15 is 0 Å². The Labute approximate surface area is 189 Å². The molecule has 0 unspecified atom stereocenters. The molecule has 1 heterocycles. The van der Waals surface area contributed by atoms with Crippen LogP contribution in [0.2, 0.25) is 0 Å². The summed E-state index contributed by atoms with van der Waals surface area (Å²) in [6, 6.07) is 16.3. The van der Waals surface area contributed by atoms with Crippen molar-refractivity contribution in [2.24, 2.45) is 0 Å². The van der Waals surface area contributed by atoms with Crippen LogP contribution in [0.4, 0.5) is 20.6 Å². The zero-order valence-corrected chi connectivity index (χ0v) is 18.2. The maximum Gasteiger partial charge on any atom is 0.411 e. The van der Waals surface area contributed by atoms with Crippen molar-refractivity contribution in [1.82, 2.24) is 4.98 Å². The zero-order valence-electron chi connectivity index (χ0n) is 17.3. The molecule has 9 heteroatoms. The minimum absolute atomic E-state index is 0.137. The molecule has 7 nitrogen and oxygen atoms in total. The van der Waals surface area contributed by atoms with E-state index < -0.39 is 6.09 Å². The number of nitrogens with one attached hydrogen (secondary N) is 2. The van der Waals surface area contributed by atoms with E-state index in [4.69, 9.17) is 9.47 Å². The van der Waals surface area contributed by atoms with E-state index in [1.54, 1.807) is 54.7 Å². The number of methoxy groups -OCH3 is 1. The molecule has 2 N–H and O–H groups in total. The Morgan fingerprint density at radius 2 is 1.75 bits per heavy atom. The summed E-state index contributed by atoms with van der Waals surface area (Å²) in [5.41, 5.74) is 2.31. The molecule has 0 saturated carbocycles. The number of hydrogen-bond acceptors (Lipinski definition) is 6. The standard InChI is InChI=1S/C23H22FN3O4S/c1-30-12-13-31-23(29)27-19-5-2-4-18(14-19)26-21(28)20-6-3-11-25-22(20)32-15-16-7-9-17(24)10-8-16/h2-11,14H,12-13,15H2,1H3,(H,26,28)(H,27,29). The predicted octanol–water partition coefficient (Wildman–Crippen LogP) is 4.96. The van der Waals surface area contributed by atoms with Crippen molar-refractivity contribution < 1.29 is 23.5 Å². The number of ether oxygens (including phenoxy) is 2. The average Bonchev–Trinajstić information content (AvgIpc) is 2.79. The molecule has 0 aliphatic rings. The third kappa shape index (κ3) is 7.07. The molecule has 2 amide bonds. The molecule has 2 aromatic carbocycles. The van der Waals surface area contributed by atoms with E-state index in [2.05, 4.69) is 15.6 Å². The third-order valence-electron chi connectivity index (χ3n) is 4.19. The number of benzene rings is 2. The highest BCUT2D eigenvalue weighted by molar-refractivity contribution is 7.98. The summed E-state index contributed by atoms with van der Waals surface area (Å²) in [6.07, 6.45) is 1.00. The van der Waals surface area contributed by atoms with Crippen LogP contribution in [0.5, 0.6) is 0 Å². The van der Waals surface area contributed by atoms with Gasteiger partial charge in [0.05, 0.1) is 12.2 Å². The Hall–Kier alpha value is -3.43. The van der Waals surface area contributed by atoms with Crippen molar-refractivity contribution in [3.63, 3.8) is 0 Å². The van der Waals surface area contributed by atoms with Gasteiger partial charge in [-0.1, -0.05) is 18.2 Å². The summed E-state index contributed by atoms with van der Waals surface area (Å²) in [7, 11) is 1.52. The van der Waals surface area contributed by atoms with Crippen LogP contribution in [-0.2, 0) is 15.2 Å². The molecule has 0 saturated heterocycles. The first-order valence-electron chi connectivity index (χ1n) is 9.71. The van der Waals surface area contributed by atoms with Gasteiger partial charge in [-0.3, -0.25) is 10.1 Å². The van der Waals surface area contributed by atoms with E-state index in [0.717, 1.165) is 5.56 Å². The van der Waals surface area contributed by atoms with Crippen LogP contribution >= 0.6 is 11.8 Å². The van der Waals surface area contributed by atoms with Gasteiger partial charge in [-0.25, -0.2) is 14.2 Å². The Balaban J connectivity index is 1.63. The highest BCUT2D eigenvalue weighted by atomic mass is 32.2. The van der Waals surface area contributed by atoms with Gasteiger partial charge in [0.2, 0.25) is 0 Å². The van der Waals surface area contributed by atoms with Gasteiger partial charge in [0.25, 0.3) is 5.91 Å². The smallest absolute Gasteiger partial charge is 0.411 e. The molecule has 0 aliphatic carbocycles. The molecule has 3 aromatic rings. The van der Waals surface area contributed by atoms with Crippen molar-refractivity contribution in [3.8, 4) is 0 Å². The number of hydrogen-bond donors (Lipinski definition) is 2. The van der Waals surface area contributed by atoms with Gasteiger partial charge >= 0.3 is 6.09 Å². The molecule has 1 aromatic heterocycles. The fourth-order valence-corrected chi connectivity index (χ4v) is 3.60. The van der Waals surface area contributed by atoms with Gasteiger partial charge < -0.3 is 14.8 Å². The Morgan fingerprint density at radius 1 is 1.00 bits per heavy atom. The van der Waals surface area contributed by atoms with Crippen LogP contribution in [0.15, 0.2) is 71.9 Å².